The summed E-state index contributed by atoms with van der Waals surface area (Å²) >= 11 is 0. The van der Waals surface area contributed by atoms with Crippen LogP contribution < -0.4 is 5.73 Å². The average Bonchev–Trinajstić information content (AvgIpc) is 2.38. The molecule has 0 spiro atoms. The summed E-state index contributed by atoms with van der Waals surface area (Å²) in [5.74, 6) is -0.769. The van der Waals surface area contributed by atoms with Crippen LogP contribution in [0.15, 0.2) is 42.6 Å². The van der Waals surface area contributed by atoms with Gasteiger partial charge in [-0.05, 0) is 36.2 Å². The number of aromatic nitrogens is 1. The van der Waals surface area contributed by atoms with Crippen LogP contribution >= 0.6 is 0 Å². The van der Waals surface area contributed by atoms with Crippen molar-refractivity contribution in [2.45, 2.75) is 18.9 Å². The van der Waals surface area contributed by atoms with E-state index in [1.807, 2.05) is 6.92 Å². The number of hydrogen-bond acceptors (Lipinski definition) is 2. The molecule has 1 aromatic heterocycles. The zero-order valence-electron chi connectivity index (χ0n) is 10.0. The van der Waals surface area contributed by atoms with Gasteiger partial charge in [-0.2, -0.15) is 0 Å². The molecule has 0 aliphatic rings. The third-order valence-corrected chi connectivity index (χ3v) is 3.08. The molecule has 94 valence electrons. The lowest BCUT2D eigenvalue weighted by Gasteiger charge is -2.28. The van der Waals surface area contributed by atoms with Crippen molar-refractivity contribution in [3.63, 3.8) is 0 Å². The maximum Gasteiger partial charge on any atom is 0.141 e. The Labute approximate surface area is 104 Å². The Morgan fingerprint density at radius 3 is 2.50 bits per heavy atom. The molecule has 2 nitrogen and oxygen atoms in total. The van der Waals surface area contributed by atoms with Crippen molar-refractivity contribution in [2.75, 3.05) is 0 Å². The summed E-state index contributed by atoms with van der Waals surface area (Å²) in [5.41, 5.74) is 6.55. The summed E-state index contributed by atoms with van der Waals surface area (Å²) in [6.45, 7) is 1.88. The Morgan fingerprint density at radius 2 is 1.94 bits per heavy atom. The zero-order valence-corrected chi connectivity index (χ0v) is 10.0. The van der Waals surface area contributed by atoms with E-state index in [1.54, 1.807) is 12.1 Å². The molecule has 0 amide bonds. The minimum atomic E-state index is -0.907. The largest absolute Gasteiger partial charge is 0.316 e. The molecular formula is C14H14F2N2. The molecule has 2 N–H and O–H groups in total. The fourth-order valence-corrected chi connectivity index (χ4v) is 1.94. The lowest BCUT2D eigenvalue weighted by molar-refractivity contribution is 0.494. The number of benzene rings is 1. The van der Waals surface area contributed by atoms with E-state index in [2.05, 4.69) is 4.98 Å². The molecule has 1 heterocycles. The van der Waals surface area contributed by atoms with Crippen LogP contribution in [-0.4, -0.2) is 4.98 Å². The molecule has 18 heavy (non-hydrogen) atoms. The van der Waals surface area contributed by atoms with Crippen molar-refractivity contribution >= 4 is 0 Å². The molecular weight excluding hydrogens is 234 g/mol. The van der Waals surface area contributed by atoms with Crippen LogP contribution in [0.1, 0.15) is 24.6 Å². The monoisotopic (exact) mass is 248 g/mol. The molecule has 1 aromatic carbocycles. The van der Waals surface area contributed by atoms with Gasteiger partial charge < -0.3 is 5.73 Å². The van der Waals surface area contributed by atoms with Crippen molar-refractivity contribution in [3.8, 4) is 0 Å². The van der Waals surface area contributed by atoms with E-state index in [0.717, 1.165) is 6.20 Å². The second kappa shape index (κ2) is 4.82. The number of pyridine rings is 1. The van der Waals surface area contributed by atoms with Gasteiger partial charge in [-0.3, -0.25) is 4.98 Å². The van der Waals surface area contributed by atoms with Crippen molar-refractivity contribution in [1.82, 2.24) is 4.98 Å². The first-order chi connectivity index (χ1) is 8.56. The van der Waals surface area contributed by atoms with Crippen LogP contribution in [0.4, 0.5) is 8.78 Å². The van der Waals surface area contributed by atoms with Crippen LogP contribution in [0.3, 0.4) is 0 Å². The maximum atomic E-state index is 13.3. The van der Waals surface area contributed by atoms with Crippen molar-refractivity contribution < 1.29 is 8.78 Å². The molecule has 2 aromatic rings. The Bertz CT molecular complexity index is 540. The van der Waals surface area contributed by atoms with E-state index in [0.29, 0.717) is 17.7 Å². The lowest BCUT2D eigenvalue weighted by atomic mass is 9.85. The molecule has 0 fully saturated rings. The fraction of sp³-hybridized carbons (Fsp3) is 0.214. The highest BCUT2D eigenvalue weighted by Gasteiger charge is 2.29. The van der Waals surface area contributed by atoms with E-state index in [4.69, 9.17) is 5.73 Å². The van der Waals surface area contributed by atoms with Crippen LogP contribution in [0.5, 0.6) is 0 Å². The molecule has 1 unspecified atom stereocenters. The maximum absolute atomic E-state index is 13.3. The minimum absolute atomic E-state index is 0.349. The molecule has 4 heteroatoms. The Hall–Kier alpha value is -1.81. The summed E-state index contributed by atoms with van der Waals surface area (Å²) in [5, 5.41) is 0. The van der Waals surface area contributed by atoms with Gasteiger partial charge in [0.15, 0.2) is 0 Å². The molecule has 1 atom stereocenters. The Balaban J connectivity index is 2.51. The highest BCUT2D eigenvalue weighted by molar-refractivity contribution is 5.34. The van der Waals surface area contributed by atoms with Gasteiger partial charge in [0.05, 0.1) is 17.4 Å². The smallest absolute Gasteiger partial charge is 0.141 e. The van der Waals surface area contributed by atoms with Gasteiger partial charge in [0.25, 0.3) is 0 Å². The average molecular weight is 248 g/mol. The van der Waals surface area contributed by atoms with Gasteiger partial charge in [-0.25, -0.2) is 8.78 Å². The van der Waals surface area contributed by atoms with E-state index in [-0.39, 0.29) is 5.82 Å². The second-order valence-corrected chi connectivity index (χ2v) is 4.20. The number of nitrogens with zero attached hydrogens (tertiary/aromatic N) is 1. The molecule has 2 rings (SSSR count). The topological polar surface area (TPSA) is 38.9 Å². The van der Waals surface area contributed by atoms with Crippen LogP contribution in [0, 0.1) is 11.6 Å². The summed E-state index contributed by atoms with van der Waals surface area (Å²) in [4.78, 5) is 4.00. The van der Waals surface area contributed by atoms with Gasteiger partial charge in [0, 0.05) is 0 Å². The number of halogens is 2. The number of rotatable bonds is 3. The van der Waals surface area contributed by atoms with Crippen molar-refractivity contribution in [1.29, 1.82) is 0 Å². The minimum Gasteiger partial charge on any atom is -0.316 e. The van der Waals surface area contributed by atoms with Gasteiger partial charge in [0.2, 0.25) is 0 Å². The molecule has 0 radical (unpaired) electrons. The number of hydrogen-bond donors (Lipinski definition) is 1. The summed E-state index contributed by atoms with van der Waals surface area (Å²) < 4.78 is 26.2. The van der Waals surface area contributed by atoms with Gasteiger partial charge in [0.1, 0.15) is 11.6 Å². The van der Waals surface area contributed by atoms with Crippen LogP contribution in [0.25, 0.3) is 0 Å². The zero-order chi connectivity index (χ0) is 13.2. The number of nitrogens with two attached hydrogens (primary N) is 1. The van der Waals surface area contributed by atoms with Gasteiger partial charge in [-0.1, -0.05) is 19.1 Å². The summed E-state index contributed by atoms with van der Waals surface area (Å²) in [6, 6.07) is 8.93. The van der Waals surface area contributed by atoms with E-state index in [1.165, 1.54) is 24.3 Å². The third kappa shape index (κ3) is 2.24. The molecule has 0 aliphatic heterocycles. The van der Waals surface area contributed by atoms with Crippen LogP contribution in [-0.2, 0) is 5.54 Å². The first-order valence-electron chi connectivity index (χ1n) is 5.73. The Kier molecular flexibility index (Phi) is 3.39. The van der Waals surface area contributed by atoms with Gasteiger partial charge >= 0.3 is 0 Å². The lowest BCUT2D eigenvalue weighted by Crippen LogP contribution is -2.38. The molecule has 0 saturated heterocycles. The predicted molar refractivity (Wildman–Crippen MR) is 65.9 cm³/mol. The van der Waals surface area contributed by atoms with E-state index in [9.17, 15) is 8.78 Å². The first-order valence-corrected chi connectivity index (χ1v) is 5.73. The molecule has 0 aliphatic carbocycles. The highest BCUT2D eigenvalue weighted by atomic mass is 19.1. The first kappa shape index (κ1) is 12.6. The summed E-state index contributed by atoms with van der Waals surface area (Å²) in [6.07, 6.45) is 1.65. The highest BCUT2D eigenvalue weighted by Crippen LogP contribution is 2.29. The SMILES string of the molecule is CCC(N)(c1cccc(F)c1)c1ccc(F)cn1. The Morgan fingerprint density at radius 1 is 1.17 bits per heavy atom. The quantitative estimate of drug-likeness (QED) is 0.907. The van der Waals surface area contributed by atoms with E-state index >= 15 is 0 Å². The third-order valence-electron chi connectivity index (χ3n) is 3.08. The van der Waals surface area contributed by atoms with Crippen LogP contribution in [0.2, 0.25) is 0 Å². The van der Waals surface area contributed by atoms with Crippen molar-refractivity contribution in [3.05, 3.63) is 65.5 Å². The summed E-state index contributed by atoms with van der Waals surface area (Å²) in [7, 11) is 0. The molecule has 0 saturated carbocycles. The second-order valence-electron chi connectivity index (χ2n) is 4.20. The van der Waals surface area contributed by atoms with E-state index < -0.39 is 11.4 Å². The standard InChI is InChI=1S/C14H14F2N2/c1-2-14(17,10-4-3-5-11(15)8-10)13-7-6-12(16)9-18-13/h3-9H,2,17H2,1H3. The molecule has 0 bridgehead atoms. The fourth-order valence-electron chi connectivity index (χ4n) is 1.94. The normalized spacial score (nSPS) is 14.2. The van der Waals surface area contributed by atoms with Gasteiger partial charge in [-0.15, -0.1) is 0 Å². The van der Waals surface area contributed by atoms with Crippen molar-refractivity contribution in [2.24, 2.45) is 5.73 Å². The predicted octanol–water partition coefficient (Wildman–Crippen LogP) is 2.97.